The van der Waals surface area contributed by atoms with Crippen molar-refractivity contribution in [3.63, 3.8) is 0 Å². The molecule has 2 heterocycles. The summed E-state index contributed by atoms with van der Waals surface area (Å²) < 4.78 is 1.58. The molecule has 0 unspecified atom stereocenters. The van der Waals surface area contributed by atoms with E-state index in [-0.39, 0.29) is 0 Å². The number of anilines is 1. The first-order valence-corrected chi connectivity index (χ1v) is 11.3. The highest BCUT2D eigenvalue weighted by molar-refractivity contribution is 7.13. The first-order valence-electron chi connectivity index (χ1n) is 10.5. The summed E-state index contributed by atoms with van der Waals surface area (Å²) in [5.41, 5.74) is 2.33. The number of aryl methyl sites for hydroxylation is 1. The molecule has 4 rings (SSSR count). The van der Waals surface area contributed by atoms with Crippen LogP contribution in [-0.4, -0.2) is 37.4 Å². The van der Waals surface area contributed by atoms with E-state index in [0.717, 1.165) is 28.9 Å². The summed E-state index contributed by atoms with van der Waals surface area (Å²) in [5, 5.41) is 22.4. The standard InChI is InChI=1S/C21H27N7OS/c1-28-20(24-26-27-28)19(17-10-6-3-7-11-17)25-29-14-18-15-30-21(23-18)22-13-12-16-8-4-2-5-9-16/h3,6-7,10-11,15-16H,2,4-5,8-9,12-14H2,1H3,(H,22,23)/b25-19-. The average molecular weight is 426 g/mol. The maximum Gasteiger partial charge on any atom is 0.204 e. The highest BCUT2D eigenvalue weighted by atomic mass is 32.1. The lowest BCUT2D eigenvalue weighted by Gasteiger charge is -2.21. The van der Waals surface area contributed by atoms with E-state index in [2.05, 4.69) is 31.0 Å². The van der Waals surface area contributed by atoms with Gasteiger partial charge in [0, 0.05) is 24.5 Å². The quantitative estimate of drug-likeness (QED) is 0.411. The van der Waals surface area contributed by atoms with Gasteiger partial charge in [0.25, 0.3) is 0 Å². The topological polar surface area (TPSA) is 90.1 Å². The molecule has 1 fully saturated rings. The highest BCUT2D eigenvalue weighted by Gasteiger charge is 2.15. The molecule has 1 aliphatic carbocycles. The van der Waals surface area contributed by atoms with Crippen LogP contribution in [0.2, 0.25) is 0 Å². The number of hydrogen-bond donors (Lipinski definition) is 1. The van der Waals surface area contributed by atoms with Gasteiger partial charge in [-0.15, -0.1) is 16.4 Å². The molecule has 2 aromatic heterocycles. The Balaban J connectivity index is 1.33. The molecule has 1 aliphatic rings. The van der Waals surface area contributed by atoms with Gasteiger partial charge in [0.2, 0.25) is 5.82 Å². The van der Waals surface area contributed by atoms with Crippen LogP contribution in [0.3, 0.4) is 0 Å². The molecular weight excluding hydrogens is 398 g/mol. The predicted octanol–water partition coefficient (Wildman–Crippen LogP) is 4.02. The minimum absolute atomic E-state index is 0.294. The molecule has 1 saturated carbocycles. The first kappa shape index (κ1) is 20.5. The highest BCUT2D eigenvalue weighted by Crippen LogP contribution is 2.26. The van der Waals surface area contributed by atoms with Crippen molar-refractivity contribution >= 4 is 22.2 Å². The lowest BCUT2D eigenvalue weighted by Crippen LogP contribution is -2.12. The van der Waals surface area contributed by atoms with Crippen LogP contribution < -0.4 is 5.32 Å². The third-order valence-electron chi connectivity index (χ3n) is 5.35. The molecule has 3 aromatic rings. The van der Waals surface area contributed by atoms with E-state index in [1.165, 1.54) is 38.5 Å². The minimum atomic E-state index is 0.294. The molecule has 1 aromatic carbocycles. The normalized spacial score (nSPS) is 15.3. The zero-order chi connectivity index (χ0) is 20.6. The fourth-order valence-electron chi connectivity index (χ4n) is 3.73. The van der Waals surface area contributed by atoms with Crippen molar-refractivity contribution in [2.45, 2.75) is 45.1 Å². The molecule has 0 atom stereocenters. The van der Waals surface area contributed by atoms with Crippen LogP contribution in [-0.2, 0) is 18.5 Å². The monoisotopic (exact) mass is 425 g/mol. The van der Waals surface area contributed by atoms with Crippen LogP contribution in [0.4, 0.5) is 5.13 Å². The second-order valence-electron chi connectivity index (χ2n) is 7.57. The van der Waals surface area contributed by atoms with E-state index in [4.69, 9.17) is 4.84 Å². The lowest BCUT2D eigenvalue weighted by molar-refractivity contribution is 0.128. The van der Waals surface area contributed by atoms with Gasteiger partial charge < -0.3 is 10.2 Å². The molecule has 158 valence electrons. The minimum Gasteiger partial charge on any atom is -0.389 e. The van der Waals surface area contributed by atoms with Gasteiger partial charge >= 0.3 is 0 Å². The van der Waals surface area contributed by atoms with Gasteiger partial charge in [-0.25, -0.2) is 9.67 Å². The van der Waals surface area contributed by atoms with Crippen molar-refractivity contribution in [2.75, 3.05) is 11.9 Å². The van der Waals surface area contributed by atoms with Gasteiger partial charge in [-0.2, -0.15) is 0 Å². The Labute approximate surface area is 180 Å². The molecule has 0 spiro atoms. The summed E-state index contributed by atoms with van der Waals surface area (Å²) in [7, 11) is 1.78. The van der Waals surface area contributed by atoms with Gasteiger partial charge in [0.1, 0.15) is 0 Å². The number of hydrogen-bond acceptors (Lipinski definition) is 8. The van der Waals surface area contributed by atoms with E-state index in [0.29, 0.717) is 18.1 Å². The molecule has 30 heavy (non-hydrogen) atoms. The van der Waals surface area contributed by atoms with E-state index in [9.17, 15) is 0 Å². The largest absolute Gasteiger partial charge is 0.389 e. The summed E-state index contributed by atoms with van der Waals surface area (Å²) in [6.07, 6.45) is 8.16. The number of thiazole rings is 1. The summed E-state index contributed by atoms with van der Waals surface area (Å²) >= 11 is 1.60. The van der Waals surface area contributed by atoms with Crippen molar-refractivity contribution in [3.8, 4) is 0 Å². The van der Waals surface area contributed by atoms with Crippen molar-refractivity contribution < 1.29 is 4.84 Å². The van der Waals surface area contributed by atoms with Crippen molar-refractivity contribution in [3.05, 3.63) is 52.8 Å². The zero-order valence-electron chi connectivity index (χ0n) is 17.2. The van der Waals surface area contributed by atoms with Crippen LogP contribution in [0.15, 0.2) is 40.9 Å². The Morgan fingerprint density at radius 2 is 2.07 bits per heavy atom. The molecule has 1 N–H and O–H groups in total. The SMILES string of the molecule is Cn1nnnc1/C(=N\OCc1csc(NCCC2CCCCC2)n1)c1ccccc1. The predicted molar refractivity (Wildman–Crippen MR) is 117 cm³/mol. The van der Waals surface area contributed by atoms with E-state index >= 15 is 0 Å². The summed E-state index contributed by atoms with van der Waals surface area (Å²) in [6.45, 7) is 1.27. The Bertz CT molecular complexity index is 947. The fourth-order valence-corrected chi connectivity index (χ4v) is 4.45. The Morgan fingerprint density at radius 3 is 2.83 bits per heavy atom. The van der Waals surface area contributed by atoms with Crippen molar-refractivity contribution in [1.29, 1.82) is 0 Å². The molecule has 0 bridgehead atoms. The van der Waals surface area contributed by atoms with Gasteiger partial charge in [-0.05, 0) is 22.8 Å². The van der Waals surface area contributed by atoms with Crippen LogP contribution >= 0.6 is 11.3 Å². The summed E-state index contributed by atoms with van der Waals surface area (Å²) in [5.74, 6) is 1.42. The Morgan fingerprint density at radius 1 is 1.23 bits per heavy atom. The molecule has 9 heteroatoms. The molecule has 0 saturated heterocycles. The van der Waals surface area contributed by atoms with Gasteiger partial charge in [-0.3, -0.25) is 0 Å². The molecule has 8 nitrogen and oxygen atoms in total. The van der Waals surface area contributed by atoms with Crippen LogP contribution in [0, 0.1) is 5.92 Å². The Hall–Kier alpha value is -2.81. The molecule has 0 amide bonds. The van der Waals surface area contributed by atoms with Crippen LogP contribution in [0.1, 0.15) is 55.6 Å². The third kappa shape index (κ3) is 5.41. The third-order valence-corrected chi connectivity index (χ3v) is 6.20. The lowest BCUT2D eigenvalue weighted by atomic mass is 9.87. The summed E-state index contributed by atoms with van der Waals surface area (Å²) in [4.78, 5) is 10.2. The number of nitrogens with one attached hydrogen (secondary N) is 1. The van der Waals surface area contributed by atoms with Gasteiger partial charge in [0.05, 0.1) is 5.69 Å². The number of benzene rings is 1. The number of oxime groups is 1. The van der Waals surface area contributed by atoms with E-state index in [1.807, 2.05) is 35.7 Å². The van der Waals surface area contributed by atoms with Crippen molar-refractivity contribution in [2.24, 2.45) is 18.1 Å². The second-order valence-corrected chi connectivity index (χ2v) is 8.43. The number of aromatic nitrogens is 5. The van der Waals surface area contributed by atoms with E-state index in [1.54, 1.807) is 23.1 Å². The second kappa shape index (κ2) is 10.3. The number of nitrogens with zero attached hydrogens (tertiary/aromatic N) is 6. The maximum absolute atomic E-state index is 5.62. The molecular formula is C21H27N7OS. The van der Waals surface area contributed by atoms with Crippen molar-refractivity contribution in [1.82, 2.24) is 25.2 Å². The first-order chi connectivity index (χ1) is 14.8. The van der Waals surface area contributed by atoms with E-state index < -0.39 is 0 Å². The van der Waals surface area contributed by atoms with Crippen LogP contribution in [0.5, 0.6) is 0 Å². The fraction of sp³-hybridized carbons (Fsp3) is 0.476. The smallest absolute Gasteiger partial charge is 0.204 e. The molecule has 0 radical (unpaired) electrons. The maximum atomic E-state index is 5.62. The summed E-state index contributed by atoms with van der Waals surface area (Å²) in [6, 6.07) is 9.75. The van der Waals surface area contributed by atoms with Gasteiger partial charge in [-0.1, -0.05) is 67.6 Å². The molecule has 0 aliphatic heterocycles. The van der Waals surface area contributed by atoms with Gasteiger partial charge in [0.15, 0.2) is 17.5 Å². The number of tetrazole rings is 1. The zero-order valence-corrected chi connectivity index (χ0v) is 18.0. The van der Waals surface area contributed by atoms with Crippen LogP contribution in [0.25, 0.3) is 0 Å². The number of rotatable bonds is 9. The Kier molecular flexibility index (Phi) is 7.02. The average Bonchev–Trinajstić information content (AvgIpc) is 3.41.